The molecule has 25 heavy (non-hydrogen) atoms. The summed E-state index contributed by atoms with van der Waals surface area (Å²) in [6.45, 7) is 0. The number of ether oxygens (including phenoxy) is 1. The number of hydrogen-bond donors (Lipinski definition) is 0. The fourth-order valence-corrected chi connectivity index (χ4v) is 4.49. The summed E-state index contributed by atoms with van der Waals surface area (Å²) in [6, 6.07) is 20.9. The third-order valence-corrected chi connectivity index (χ3v) is 5.80. The molecule has 4 rings (SSSR count). The van der Waals surface area contributed by atoms with Crippen LogP contribution in [0.4, 0.5) is 0 Å². The number of methoxy groups -OCH3 is 1. The summed E-state index contributed by atoms with van der Waals surface area (Å²) in [5.41, 5.74) is 2.27. The maximum Gasteiger partial charge on any atom is 0.123 e. The smallest absolute Gasteiger partial charge is 0.123 e. The molecule has 1 aromatic heterocycles. The molecule has 0 unspecified atom stereocenters. The van der Waals surface area contributed by atoms with E-state index in [1.54, 1.807) is 18.9 Å². The van der Waals surface area contributed by atoms with Gasteiger partial charge in [-0.05, 0) is 41.1 Å². The van der Waals surface area contributed by atoms with Crippen molar-refractivity contribution < 1.29 is 4.74 Å². The number of pyridine rings is 1. The molecule has 0 N–H and O–H groups in total. The van der Waals surface area contributed by atoms with Gasteiger partial charge in [-0.3, -0.25) is 4.98 Å². The van der Waals surface area contributed by atoms with Crippen LogP contribution in [0.2, 0.25) is 0 Å². The van der Waals surface area contributed by atoms with E-state index in [2.05, 4.69) is 69.4 Å². The van der Waals surface area contributed by atoms with Gasteiger partial charge in [0.2, 0.25) is 0 Å². The Hall–Kier alpha value is -2.04. The van der Waals surface area contributed by atoms with Crippen molar-refractivity contribution in [2.75, 3.05) is 7.11 Å². The average Bonchev–Trinajstić information content (AvgIpc) is 2.65. The molecule has 4 heteroatoms. The third kappa shape index (κ3) is 3.24. The van der Waals surface area contributed by atoms with Crippen LogP contribution in [-0.2, 0) is 5.75 Å². The Balaban J connectivity index is 1.75. The topological polar surface area (TPSA) is 22.1 Å². The van der Waals surface area contributed by atoms with Gasteiger partial charge in [-0.2, -0.15) is 0 Å². The zero-order valence-electron chi connectivity index (χ0n) is 13.7. The van der Waals surface area contributed by atoms with Crippen LogP contribution in [0.25, 0.3) is 21.7 Å². The number of fused-ring (bicyclic) bond motifs is 2. The Morgan fingerprint density at radius 3 is 2.76 bits per heavy atom. The number of thioether (sulfide) groups is 1. The van der Waals surface area contributed by atoms with E-state index in [1.165, 1.54) is 26.6 Å². The van der Waals surface area contributed by atoms with Gasteiger partial charge >= 0.3 is 0 Å². The minimum atomic E-state index is 0.831. The second kappa shape index (κ2) is 7.06. The lowest BCUT2D eigenvalue weighted by Crippen LogP contribution is -1.93. The molecule has 0 saturated heterocycles. The molecule has 0 radical (unpaired) electrons. The molecule has 2 nitrogen and oxygen atoms in total. The number of halogens is 1. The van der Waals surface area contributed by atoms with Gasteiger partial charge in [-0.1, -0.05) is 46.3 Å². The van der Waals surface area contributed by atoms with Crippen molar-refractivity contribution in [2.24, 2.45) is 0 Å². The first kappa shape index (κ1) is 16.4. The largest absolute Gasteiger partial charge is 0.496 e. The molecule has 0 saturated carbocycles. The van der Waals surface area contributed by atoms with Crippen LogP contribution in [-0.4, -0.2) is 12.1 Å². The van der Waals surface area contributed by atoms with Crippen LogP contribution < -0.4 is 4.74 Å². The average molecular weight is 410 g/mol. The van der Waals surface area contributed by atoms with E-state index < -0.39 is 0 Å². The Bertz CT molecular complexity index is 1060. The van der Waals surface area contributed by atoms with Crippen molar-refractivity contribution in [3.63, 3.8) is 0 Å². The minimum absolute atomic E-state index is 0.831. The normalized spacial score (nSPS) is 11.1. The molecule has 3 aromatic carbocycles. The monoisotopic (exact) mass is 409 g/mol. The number of nitrogens with zero attached hydrogens (tertiary/aromatic N) is 1. The molecule has 0 bridgehead atoms. The lowest BCUT2D eigenvalue weighted by Gasteiger charge is -2.13. The number of para-hydroxylation sites is 1. The SMILES string of the molecule is COc1ccc2cc(Br)ccc2c1CSc1cccc2cccnc12. The predicted molar refractivity (Wildman–Crippen MR) is 110 cm³/mol. The summed E-state index contributed by atoms with van der Waals surface area (Å²) in [6.07, 6.45) is 1.85. The Labute approximate surface area is 159 Å². The molecule has 0 aliphatic heterocycles. The molecule has 4 aromatic rings. The van der Waals surface area contributed by atoms with Crippen LogP contribution >= 0.6 is 27.7 Å². The van der Waals surface area contributed by atoms with E-state index in [0.29, 0.717) is 0 Å². The third-order valence-electron chi connectivity index (χ3n) is 4.24. The highest BCUT2D eigenvalue weighted by molar-refractivity contribution is 9.10. The number of benzene rings is 3. The first-order valence-electron chi connectivity index (χ1n) is 7.98. The van der Waals surface area contributed by atoms with Gasteiger partial charge < -0.3 is 4.74 Å². The Morgan fingerprint density at radius 1 is 1.00 bits per heavy atom. The summed E-state index contributed by atoms with van der Waals surface area (Å²) < 4.78 is 6.70. The van der Waals surface area contributed by atoms with Gasteiger partial charge in [0.15, 0.2) is 0 Å². The van der Waals surface area contributed by atoms with E-state index in [4.69, 9.17) is 4.74 Å². The van der Waals surface area contributed by atoms with Crippen molar-refractivity contribution in [3.8, 4) is 5.75 Å². The highest BCUT2D eigenvalue weighted by Crippen LogP contribution is 2.36. The van der Waals surface area contributed by atoms with Crippen molar-refractivity contribution in [1.82, 2.24) is 4.98 Å². The molecule has 0 aliphatic rings. The summed E-state index contributed by atoms with van der Waals surface area (Å²) >= 11 is 5.35. The highest BCUT2D eigenvalue weighted by Gasteiger charge is 2.11. The summed E-state index contributed by atoms with van der Waals surface area (Å²) in [7, 11) is 1.73. The van der Waals surface area contributed by atoms with E-state index >= 15 is 0 Å². The highest BCUT2D eigenvalue weighted by atomic mass is 79.9. The van der Waals surface area contributed by atoms with Crippen molar-refractivity contribution in [2.45, 2.75) is 10.6 Å². The lowest BCUT2D eigenvalue weighted by molar-refractivity contribution is 0.412. The molecule has 0 aliphatic carbocycles. The Kier molecular flexibility index (Phi) is 4.64. The van der Waals surface area contributed by atoms with Crippen molar-refractivity contribution in [3.05, 3.63) is 76.9 Å². The van der Waals surface area contributed by atoms with Gasteiger partial charge in [0.25, 0.3) is 0 Å². The summed E-state index contributed by atoms with van der Waals surface area (Å²) in [5.74, 6) is 1.76. The van der Waals surface area contributed by atoms with Gasteiger partial charge in [0, 0.05) is 32.3 Å². The standard InChI is InChI=1S/C21H16BrNOS/c1-24-19-10-7-15-12-16(22)8-9-17(15)18(19)13-25-20-6-2-4-14-5-3-11-23-21(14)20/h2-12H,13H2,1H3. The summed E-state index contributed by atoms with van der Waals surface area (Å²) in [4.78, 5) is 5.74. The van der Waals surface area contributed by atoms with Gasteiger partial charge in [0.1, 0.15) is 5.75 Å². The fraction of sp³-hybridized carbons (Fsp3) is 0.0952. The van der Waals surface area contributed by atoms with Crippen LogP contribution in [0.1, 0.15) is 5.56 Å². The summed E-state index contributed by atoms with van der Waals surface area (Å²) in [5, 5.41) is 3.60. The quantitative estimate of drug-likeness (QED) is 0.361. The van der Waals surface area contributed by atoms with Gasteiger partial charge in [-0.25, -0.2) is 0 Å². The molecule has 124 valence electrons. The number of hydrogen-bond acceptors (Lipinski definition) is 3. The molecular formula is C21H16BrNOS. The number of rotatable bonds is 4. The van der Waals surface area contributed by atoms with E-state index in [1.807, 2.05) is 18.3 Å². The second-order valence-corrected chi connectivity index (χ2v) is 7.66. The molecule has 1 heterocycles. The second-order valence-electron chi connectivity index (χ2n) is 5.73. The minimum Gasteiger partial charge on any atom is -0.496 e. The molecule has 0 spiro atoms. The van der Waals surface area contributed by atoms with E-state index in [0.717, 1.165) is 21.5 Å². The van der Waals surface area contributed by atoms with Crippen molar-refractivity contribution in [1.29, 1.82) is 0 Å². The zero-order valence-corrected chi connectivity index (χ0v) is 16.1. The predicted octanol–water partition coefficient (Wildman–Crippen LogP) is 6.45. The van der Waals surface area contributed by atoms with E-state index in [9.17, 15) is 0 Å². The van der Waals surface area contributed by atoms with Crippen LogP contribution in [0.5, 0.6) is 5.75 Å². The maximum absolute atomic E-state index is 5.62. The van der Waals surface area contributed by atoms with Gasteiger partial charge in [0.05, 0.1) is 12.6 Å². The fourth-order valence-electron chi connectivity index (χ4n) is 3.03. The van der Waals surface area contributed by atoms with Crippen molar-refractivity contribution >= 4 is 49.4 Å². The van der Waals surface area contributed by atoms with E-state index in [-0.39, 0.29) is 0 Å². The maximum atomic E-state index is 5.62. The first-order chi connectivity index (χ1) is 12.3. The first-order valence-corrected chi connectivity index (χ1v) is 9.76. The van der Waals surface area contributed by atoms with Gasteiger partial charge in [-0.15, -0.1) is 11.8 Å². The molecule has 0 atom stereocenters. The van der Waals surface area contributed by atoms with Crippen LogP contribution in [0.15, 0.2) is 76.2 Å². The molecular weight excluding hydrogens is 394 g/mol. The lowest BCUT2D eigenvalue weighted by atomic mass is 10.0. The van der Waals surface area contributed by atoms with Crippen LogP contribution in [0.3, 0.4) is 0 Å². The molecule has 0 fully saturated rings. The molecule has 0 amide bonds. The number of aromatic nitrogens is 1. The van der Waals surface area contributed by atoms with Crippen LogP contribution in [0, 0.1) is 0 Å². The Morgan fingerprint density at radius 2 is 1.88 bits per heavy atom. The zero-order chi connectivity index (χ0) is 17.2.